The van der Waals surface area contributed by atoms with E-state index in [1.807, 2.05) is 10.8 Å². The van der Waals surface area contributed by atoms with Crippen LogP contribution in [0.1, 0.15) is 49.0 Å². The quantitative estimate of drug-likeness (QED) is 0.564. The van der Waals surface area contributed by atoms with Crippen LogP contribution in [-0.4, -0.2) is 31.1 Å². The number of nitrogens with one attached hydrogen (secondary N) is 1. The zero-order valence-corrected chi connectivity index (χ0v) is 18.3. The molecule has 0 radical (unpaired) electrons. The summed E-state index contributed by atoms with van der Waals surface area (Å²) in [6.07, 6.45) is 8.54. The summed E-state index contributed by atoms with van der Waals surface area (Å²) in [6.45, 7) is 5.78. The summed E-state index contributed by atoms with van der Waals surface area (Å²) in [7, 11) is 0. The molecule has 9 heteroatoms. The molecule has 0 bridgehead atoms. The molecule has 2 aliphatic rings. The van der Waals surface area contributed by atoms with Crippen molar-refractivity contribution in [1.82, 2.24) is 19.5 Å². The minimum atomic E-state index is -1.11. The number of imidazole rings is 1. The van der Waals surface area contributed by atoms with Gasteiger partial charge in [0.1, 0.15) is 22.9 Å². The number of aromatic nitrogens is 4. The SMILES string of the molecule is C=Cn1ccnc1C(=NCc1nc(N)c2c(n1)NC(=O)C2(C)c1ccc(F)cc1)C1CCC1. The minimum absolute atomic E-state index is 0.202. The van der Waals surface area contributed by atoms with Gasteiger partial charge in [-0.1, -0.05) is 25.1 Å². The monoisotopic (exact) mass is 445 g/mol. The molecule has 0 saturated heterocycles. The van der Waals surface area contributed by atoms with Crippen LogP contribution in [0.5, 0.6) is 0 Å². The number of benzene rings is 1. The number of aliphatic imine (C=N–C) groups is 1. The Bertz CT molecular complexity index is 1280. The number of carbonyl (C=O) groups excluding carboxylic acids is 1. The Morgan fingerprint density at radius 1 is 1.36 bits per heavy atom. The van der Waals surface area contributed by atoms with E-state index in [4.69, 9.17) is 10.7 Å². The third-order valence-electron chi connectivity index (χ3n) is 6.57. The van der Waals surface area contributed by atoms with E-state index in [1.54, 1.807) is 31.5 Å². The molecule has 8 nitrogen and oxygen atoms in total. The molecule has 3 N–H and O–H groups in total. The summed E-state index contributed by atoms with van der Waals surface area (Å²) >= 11 is 0. The molecule has 1 atom stereocenters. The number of nitrogens with zero attached hydrogens (tertiary/aromatic N) is 5. The van der Waals surface area contributed by atoms with Crippen LogP contribution in [0.4, 0.5) is 16.0 Å². The molecule has 1 fully saturated rings. The first-order valence-corrected chi connectivity index (χ1v) is 10.9. The third-order valence-corrected chi connectivity index (χ3v) is 6.57. The second-order valence-corrected chi connectivity index (χ2v) is 8.50. The first-order chi connectivity index (χ1) is 15.9. The highest BCUT2D eigenvalue weighted by Gasteiger charge is 2.47. The molecule has 3 heterocycles. The number of amides is 1. The van der Waals surface area contributed by atoms with Crippen molar-refractivity contribution < 1.29 is 9.18 Å². The normalized spacial score (nSPS) is 20.3. The summed E-state index contributed by atoms with van der Waals surface area (Å²) in [5.41, 5.74) is 7.22. The molecular formula is C24H24FN7O. The molecule has 1 aliphatic carbocycles. The highest BCUT2D eigenvalue weighted by molar-refractivity contribution is 6.08. The van der Waals surface area contributed by atoms with Crippen LogP contribution >= 0.6 is 0 Å². The summed E-state index contributed by atoms with van der Waals surface area (Å²) in [4.78, 5) is 31.2. The van der Waals surface area contributed by atoms with Gasteiger partial charge in [-0.25, -0.2) is 19.3 Å². The topological polar surface area (TPSA) is 111 Å². The molecule has 5 rings (SSSR count). The van der Waals surface area contributed by atoms with Crippen molar-refractivity contribution in [3.8, 4) is 0 Å². The predicted molar refractivity (Wildman–Crippen MR) is 124 cm³/mol. The van der Waals surface area contributed by atoms with Crippen molar-refractivity contribution in [1.29, 1.82) is 0 Å². The second-order valence-electron chi connectivity index (χ2n) is 8.50. The van der Waals surface area contributed by atoms with Crippen LogP contribution in [0.15, 0.2) is 48.2 Å². The molecule has 0 spiro atoms. The lowest BCUT2D eigenvalue weighted by Gasteiger charge is -2.26. The van der Waals surface area contributed by atoms with E-state index in [9.17, 15) is 9.18 Å². The smallest absolute Gasteiger partial charge is 0.240 e. The lowest BCUT2D eigenvalue weighted by Crippen LogP contribution is -2.33. The lowest BCUT2D eigenvalue weighted by molar-refractivity contribution is -0.119. The van der Waals surface area contributed by atoms with Crippen LogP contribution in [0.25, 0.3) is 6.20 Å². The number of halogens is 1. The summed E-state index contributed by atoms with van der Waals surface area (Å²) in [5.74, 6) is 1.41. The van der Waals surface area contributed by atoms with E-state index >= 15 is 0 Å². The van der Waals surface area contributed by atoms with Gasteiger partial charge in [0, 0.05) is 24.5 Å². The van der Waals surface area contributed by atoms with Crippen molar-refractivity contribution in [2.75, 3.05) is 11.1 Å². The van der Waals surface area contributed by atoms with E-state index < -0.39 is 5.41 Å². The maximum atomic E-state index is 13.4. The Hall–Kier alpha value is -3.88. The zero-order valence-electron chi connectivity index (χ0n) is 18.3. The van der Waals surface area contributed by atoms with E-state index in [0.717, 1.165) is 30.8 Å². The van der Waals surface area contributed by atoms with Gasteiger partial charge in [-0.15, -0.1) is 0 Å². The number of nitrogen functional groups attached to an aromatic ring is 1. The van der Waals surface area contributed by atoms with Gasteiger partial charge in [0.25, 0.3) is 0 Å². The molecule has 2 aromatic heterocycles. The van der Waals surface area contributed by atoms with Crippen molar-refractivity contribution in [3.05, 3.63) is 71.8 Å². The van der Waals surface area contributed by atoms with Gasteiger partial charge in [-0.2, -0.15) is 0 Å². The van der Waals surface area contributed by atoms with Crippen LogP contribution in [0.2, 0.25) is 0 Å². The molecule has 1 aromatic carbocycles. The molecule has 1 amide bonds. The first kappa shape index (κ1) is 21.0. The molecule has 168 valence electrons. The fourth-order valence-corrected chi connectivity index (χ4v) is 4.46. The van der Waals surface area contributed by atoms with E-state index in [0.29, 0.717) is 28.7 Å². The molecule has 3 aromatic rings. The molecule has 1 aliphatic heterocycles. The Kier molecular flexibility index (Phi) is 5.03. The van der Waals surface area contributed by atoms with Crippen LogP contribution in [0, 0.1) is 11.7 Å². The highest BCUT2D eigenvalue weighted by atomic mass is 19.1. The lowest BCUT2D eigenvalue weighted by atomic mass is 9.78. The number of hydrogen-bond acceptors (Lipinski definition) is 6. The van der Waals surface area contributed by atoms with Gasteiger partial charge < -0.3 is 15.6 Å². The first-order valence-electron chi connectivity index (χ1n) is 10.9. The van der Waals surface area contributed by atoms with Gasteiger partial charge >= 0.3 is 0 Å². The van der Waals surface area contributed by atoms with Gasteiger partial charge in [0.15, 0.2) is 11.6 Å². The molecular weight excluding hydrogens is 421 g/mol. The Balaban J connectivity index is 1.50. The number of fused-ring (bicyclic) bond motifs is 1. The largest absolute Gasteiger partial charge is 0.383 e. The van der Waals surface area contributed by atoms with Crippen molar-refractivity contribution >= 4 is 29.5 Å². The zero-order chi connectivity index (χ0) is 23.2. The maximum Gasteiger partial charge on any atom is 0.240 e. The second kappa shape index (κ2) is 7.91. The number of hydrogen-bond donors (Lipinski definition) is 2. The van der Waals surface area contributed by atoms with Crippen molar-refractivity contribution in [3.63, 3.8) is 0 Å². The third kappa shape index (κ3) is 3.40. The van der Waals surface area contributed by atoms with Gasteiger partial charge in [-0.05, 0) is 37.5 Å². The number of carbonyl (C=O) groups is 1. The van der Waals surface area contributed by atoms with E-state index in [2.05, 4.69) is 26.8 Å². The number of rotatable bonds is 6. The summed E-state index contributed by atoms with van der Waals surface area (Å²) < 4.78 is 15.3. The average Bonchev–Trinajstić information content (AvgIpc) is 3.33. The Labute approximate surface area is 190 Å². The molecule has 33 heavy (non-hydrogen) atoms. The Morgan fingerprint density at radius 3 is 2.79 bits per heavy atom. The average molecular weight is 446 g/mol. The van der Waals surface area contributed by atoms with Gasteiger partial charge in [0.05, 0.1) is 17.8 Å². The number of anilines is 2. The predicted octanol–water partition coefficient (Wildman–Crippen LogP) is 3.54. The summed E-state index contributed by atoms with van der Waals surface area (Å²) in [5, 5.41) is 2.82. The standard InChI is InChI=1S/C24H24FN7O/c1-3-32-12-11-27-22(32)19(14-5-4-6-14)28-13-17-29-20(26)18-21(30-17)31-23(33)24(18,2)15-7-9-16(25)10-8-15/h3,7-12,14H,1,4-6,13H2,2H3,(H3,26,29,30,31,33). The van der Waals surface area contributed by atoms with Crippen LogP contribution in [0.3, 0.4) is 0 Å². The molecule has 1 saturated carbocycles. The van der Waals surface area contributed by atoms with Crippen LogP contribution in [-0.2, 0) is 16.8 Å². The minimum Gasteiger partial charge on any atom is -0.383 e. The maximum absolute atomic E-state index is 13.4. The summed E-state index contributed by atoms with van der Waals surface area (Å²) in [6, 6.07) is 5.80. The van der Waals surface area contributed by atoms with E-state index in [1.165, 1.54) is 12.1 Å². The fraction of sp³-hybridized carbons (Fsp3) is 0.292. The number of nitrogens with two attached hydrogens (primary N) is 1. The van der Waals surface area contributed by atoms with Crippen molar-refractivity contribution in [2.24, 2.45) is 10.9 Å². The van der Waals surface area contributed by atoms with Gasteiger partial charge in [0.2, 0.25) is 5.91 Å². The van der Waals surface area contributed by atoms with Gasteiger partial charge in [-0.3, -0.25) is 9.79 Å². The van der Waals surface area contributed by atoms with E-state index in [-0.39, 0.29) is 24.1 Å². The van der Waals surface area contributed by atoms with Crippen molar-refractivity contribution in [2.45, 2.75) is 38.1 Å². The fourth-order valence-electron chi connectivity index (χ4n) is 4.46. The highest BCUT2D eigenvalue weighted by Crippen LogP contribution is 2.44. The molecule has 1 unspecified atom stereocenters. The Morgan fingerprint density at radius 2 is 2.12 bits per heavy atom. The van der Waals surface area contributed by atoms with Crippen LogP contribution < -0.4 is 11.1 Å².